The van der Waals surface area contributed by atoms with Crippen molar-refractivity contribution < 1.29 is 5.11 Å². The van der Waals surface area contributed by atoms with E-state index in [1.165, 1.54) is 11.5 Å². The van der Waals surface area contributed by atoms with Crippen LogP contribution >= 0.6 is 11.5 Å². The maximum Gasteiger partial charge on any atom is 0.0757 e. The molecule has 0 aliphatic rings. The van der Waals surface area contributed by atoms with E-state index in [-0.39, 0.29) is 0 Å². The van der Waals surface area contributed by atoms with E-state index in [0.717, 1.165) is 10.6 Å². The van der Waals surface area contributed by atoms with Gasteiger partial charge >= 0.3 is 0 Å². The Morgan fingerprint density at radius 1 is 1.55 bits per heavy atom. The van der Waals surface area contributed by atoms with Crippen molar-refractivity contribution in [1.82, 2.24) is 9.59 Å². The van der Waals surface area contributed by atoms with Crippen LogP contribution in [0.2, 0.25) is 0 Å². The van der Waals surface area contributed by atoms with Crippen molar-refractivity contribution in [2.75, 3.05) is 0 Å². The second kappa shape index (κ2) is 2.87. The van der Waals surface area contributed by atoms with E-state index in [1.54, 1.807) is 13.8 Å². The highest BCUT2D eigenvalue weighted by Gasteiger charge is 2.16. The molecule has 0 aliphatic carbocycles. The lowest BCUT2D eigenvalue weighted by Gasteiger charge is -2.14. The Morgan fingerprint density at radius 3 is 2.55 bits per heavy atom. The zero-order chi connectivity index (χ0) is 8.48. The molecule has 1 aromatic heterocycles. The molecule has 0 bridgehead atoms. The van der Waals surface area contributed by atoms with Gasteiger partial charge in [0.05, 0.1) is 16.2 Å². The van der Waals surface area contributed by atoms with Gasteiger partial charge in [0.1, 0.15) is 0 Å². The summed E-state index contributed by atoms with van der Waals surface area (Å²) in [6, 6.07) is 0. The Kier molecular flexibility index (Phi) is 2.25. The Hall–Kier alpha value is -0.480. The minimum Gasteiger partial charge on any atom is -0.390 e. The molecular weight excluding hydrogens is 160 g/mol. The minimum absolute atomic E-state index is 0.635. The third kappa shape index (κ3) is 2.55. The summed E-state index contributed by atoms with van der Waals surface area (Å²) in [7, 11) is 0. The minimum atomic E-state index is -0.654. The van der Waals surface area contributed by atoms with Gasteiger partial charge in [-0.05, 0) is 32.3 Å². The van der Waals surface area contributed by atoms with Gasteiger partial charge in [-0.2, -0.15) is 0 Å². The first kappa shape index (κ1) is 8.62. The van der Waals surface area contributed by atoms with Gasteiger partial charge in [0, 0.05) is 6.42 Å². The van der Waals surface area contributed by atoms with Crippen LogP contribution in [0, 0.1) is 6.92 Å². The molecule has 0 amide bonds. The molecule has 3 nitrogen and oxygen atoms in total. The van der Waals surface area contributed by atoms with Gasteiger partial charge in [0.2, 0.25) is 0 Å². The predicted octanol–water partition coefficient (Wildman–Crippen LogP) is 1.16. The zero-order valence-corrected chi connectivity index (χ0v) is 7.77. The highest BCUT2D eigenvalue weighted by molar-refractivity contribution is 7.05. The van der Waals surface area contributed by atoms with Crippen LogP contribution in [0.3, 0.4) is 0 Å². The van der Waals surface area contributed by atoms with Gasteiger partial charge in [0.25, 0.3) is 0 Å². The molecule has 0 radical (unpaired) electrons. The molecule has 0 saturated carbocycles. The number of aliphatic hydroxyl groups is 1. The summed E-state index contributed by atoms with van der Waals surface area (Å²) < 4.78 is 3.79. The molecule has 0 atom stereocenters. The molecule has 0 unspecified atom stereocenters. The smallest absolute Gasteiger partial charge is 0.0757 e. The predicted molar refractivity (Wildman–Crippen MR) is 44.6 cm³/mol. The van der Waals surface area contributed by atoms with Crippen molar-refractivity contribution in [2.45, 2.75) is 32.8 Å². The first-order valence-corrected chi connectivity index (χ1v) is 4.26. The normalized spacial score (nSPS) is 12.0. The highest BCUT2D eigenvalue weighted by Crippen LogP contribution is 2.17. The Bertz CT molecular complexity index is 239. The number of aromatic nitrogens is 2. The topological polar surface area (TPSA) is 46.0 Å². The van der Waals surface area contributed by atoms with E-state index in [1.807, 2.05) is 6.92 Å². The quantitative estimate of drug-likeness (QED) is 0.728. The van der Waals surface area contributed by atoms with Crippen LogP contribution in [0.1, 0.15) is 24.4 Å². The summed E-state index contributed by atoms with van der Waals surface area (Å²) >= 11 is 1.36. The van der Waals surface area contributed by atoms with Crippen LogP contribution in [-0.2, 0) is 6.42 Å². The molecule has 0 saturated heterocycles. The molecule has 0 spiro atoms. The van der Waals surface area contributed by atoms with Crippen molar-refractivity contribution in [3.63, 3.8) is 0 Å². The molecule has 1 aromatic rings. The summed E-state index contributed by atoms with van der Waals surface area (Å²) in [5.41, 5.74) is 0.274. The van der Waals surface area contributed by atoms with Crippen LogP contribution in [0.4, 0.5) is 0 Å². The molecule has 1 rings (SSSR count). The van der Waals surface area contributed by atoms with E-state index < -0.39 is 5.60 Å². The van der Waals surface area contributed by atoms with Gasteiger partial charge < -0.3 is 5.11 Å². The van der Waals surface area contributed by atoms with Crippen molar-refractivity contribution in [3.05, 3.63) is 10.6 Å². The van der Waals surface area contributed by atoms with Gasteiger partial charge in [-0.15, -0.1) is 5.10 Å². The van der Waals surface area contributed by atoms with Crippen LogP contribution in [-0.4, -0.2) is 20.3 Å². The SMILES string of the molecule is Cc1nnsc1CC(C)(C)O. The molecule has 11 heavy (non-hydrogen) atoms. The first-order valence-electron chi connectivity index (χ1n) is 3.49. The third-order valence-electron chi connectivity index (χ3n) is 1.34. The fraction of sp³-hybridized carbons (Fsp3) is 0.714. The van der Waals surface area contributed by atoms with Gasteiger partial charge in [-0.3, -0.25) is 0 Å². The molecule has 0 fully saturated rings. The molecule has 62 valence electrons. The average Bonchev–Trinajstić information content (AvgIpc) is 2.12. The Morgan fingerprint density at radius 2 is 2.18 bits per heavy atom. The monoisotopic (exact) mass is 172 g/mol. The zero-order valence-electron chi connectivity index (χ0n) is 6.96. The van der Waals surface area contributed by atoms with E-state index in [4.69, 9.17) is 0 Å². The van der Waals surface area contributed by atoms with E-state index in [2.05, 4.69) is 9.59 Å². The number of hydrogen-bond donors (Lipinski definition) is 1. The first-order chi connectivity index (χ1) is 4.99. The summed E-state index contributed by atoms with van der Waals surface area (Å²) in [5.74, 6) is 0. The molecule has 1 N–H and O–H groups in total. The lowest BCUT2D eigenvalue weighted by Crippen LogP contribution is -2.21. The van der Waals surface area contributed by atoms with Gasteiger partial charge in [-0.25, -0.2) is 0 Å². The molecule has 1 heterocycles. The van der Waals surface area contributed by atoms with E-state index in [9.17, 15) is 5.11 Å². The second-order valence-electron chi connectivity index (χ2n) is 3.27. The third-order valence-corrected chi connectivity index (χ3v) is 2.16. The standard InChI is InChI=1S/C7H12N2OS/c1-5-6(11-9-8-5)4-7(2,3)10/h10H,4H2,1-3H3. The Labute approximate surface area is 70.2 Å². The average molecular weight is 172 g/mol. The highest BCUT2D eigenvalue weighted by atomic mass is 32.1. The van der Waals surface area contributed by atoms with Crippen LogP contribution in [0.5, 0.6) is 0 Å². The summed E-state index contributed by atoms with van der Waals surface area (Å²) in [4.78, 5) is 1.07. The van der Waals surface area contributed by atoms with E-state index in [0.29, 0.717) is 6.42 Å². The molecule has 0 aliphatic heterocycles. The molecule has 4 heteroatoms. The molecule has 0 aromatic carbocycles. The van der Waals surface area contributed by atoms with Gasteiger partial charge in [-0.1, -0.05) is 4.49 Å². The van der Waals surface area contributed by atoms with Crippen LogP contribution in [0.15, 0.2) is 0 Å². The van der Waals surface area contributed by atoms with Crippen LogP contribution < -0.4 is 0 Å². The number of nitrogens with zero attached hydrogens (tertiary/aromatic N) is 2. The summed E-state index contributed by atoms with van der Waals surface area (Å²) in [6.45, 7) is 5.48. The maximum atomic E-state index is 9.46. The largest absolute Gasteiger partial charge is 0.390 e. The van der Waals surface area contributed by atoms with Crippen molar-refractivity contribution in [1.29, 1.82) is 0 Å². The lowest BCUT2D eigenvalue weighted by atomic mass is 10.0. The molecular formula is C7H12N2OS. The van der Waals surface area contributed by atoms with Gasteiger partial charge in [0.15, 0.2) is 0 Å². The number of hydrogen-bond acceptors (Lipinski definition) is 4. The fourth-order valence-electron chi connectivity index (χ4n) is 0.806. The van der Waals surface area contributed by atoms with Crippen molar-refractivity contribution in [3.8, 4) is 0 Å². The van der Waals surface area contributed by atoms with Crippen molar-refractivity contribution >= 4 is 11.5 Å². The summed E-state index contributed by atoms with van der Waals surface area (Å²) in [5, 5.41) is 13.3. The number of aryl methyl sites for hydroxylation is 1. The second-order valence-corrected chi connectivity index (χ2v) is 4.11. The van der Waals surface area contributed by atoms with Crippen LogP contribution in [0.25, 0.3) is 0 Å². The number of rotatable bonds is 2. The van der Waals surface area contributed by atoms with Crippen molar-refractivity contribution in [2.24, 2.45) is 0 Å². The maximum absolute atomic E-state index is 9.46. The lowest BCUT2D eigenvalue weighted by molar-refractivity contribution is 0.0816. The fourth-order valence-corrected chi connectivity index (χ4v) is 1.66. The Balaban J connectivity index is 2.72. The summed E-state index contributed by atoms with van der Waals surface area (Å²) in [6.07, 6.45) is 0.635. The van der Waals surface area contributed by atoms with E-state index >= 15 is 0 Å².